The molecule has 0 bridgehead atoms. The summed E-state index contributed by atoms with van der Waals surface area (Å²) in [5.74, 6) is 1.78. The summed E-state index contributed by atoms with van der Waals surface area (Å²) < 4.78 is 0. The van der Waals surface area contributed by atoms with Gasteiger partial charge in [-0.3, -0.25) is 0 Å². The fourth-order valence-electron chi connectivity index (χ4n) is 1.80. The SMILES string of the molecule is CCN(c1ccccc1)c1cc(NC)nc(N)n1. The van der Waals surface area contributed by atoms with Gasteiger partial charge in [0.05, 0.1) is 0 Å². The van der Waals surface area contributed by atoms with E-state index >= 15 is 0 Å². The van der Waals surface area contributed by atoms with Crippen molar-refractivity contribution in [2.24, 2.45) is 0 Å². The van der Waals surface area contributed by atoms with Crippen molar-refractivity contribution in [1.82, 2.24) is 9.97 Å². The highest BCUT2D eigenvalue weighted by Crippen LogP contribution is 2.25. The number of hydrogen-bond donors (Lipinski definition) is 2. The second-order valence-electron chi connectivity index (χ2n) is 3.80. The Kier molecular flexibility index (Phi) is 3.62. The van der Waals surface area contributed by atoms with Crippen LogP contribution in [0.4, 0.5) is 23.3 Å². The zero-order valence-corrected chi connectivity index (χ0v) is 10.6. The standard InChI is InChI=1S/C13H17N5/c1-3-18(10-7-5-4-6-8-10)12-9-11(15-2)16-13(14)17-12/h4-9H,3H2,1-2H3,(H3,14,15,16,17). The van der Waals surface area contributed by atoms with Crippen molar-refractivity contribution in [2.45, 2.75) is 6.92 Å². The minimum absolute atomic E-state index is 0.270. The van der Waals surface area contributed by atoms with Gasteiger partial charge >= 0.3 is 0 Å². The third-order valence-corrected chi connectivity index (χ3v) is 2.65. The number of para-hydroxylation sites is 1. The van der Waals surface area contributed by atoms with Crippen molar-refractivity contribution in [3.8, 4) is 0 Å². The fraction of sp³-hybridized carbons (Fsp3) is 0.231. The minimum Gasteiger partial charge on any atom is -0.373 e. The summed E-state index contributed by atoms with van der Waals surface area (Å²) in [4.78, 5) is 10.5. The highest BCUT2D eigenvalue weighted by molar-refractivity contribution is 5.63. The average Bonchev–Trinajstić information content (AvgIpc) is 2.40. The third-order valence-electron chi connectivity index (χ3n) is 2.65. The summed E-state index contributed by atoms with van der Waals surface area (Å²) in [5, 5.41) is 2.98. The van der Waals surface area contributed by atoms with Crippen molar-refractivity contribution in [3.05, 3.63) is 36.4 Å². The smallest absolute Gasteiger partial charge is 0.223 e. The van der Waals surface area contributed by atoms with Crippen LogP contribution < -0.4 is 16.0 Å². The molecule has 2 aromatic rings. The normalized spacial score (nSPS) is 10.1. The molecule has 0 radical (unpaired) electrons. The maximum Gasteiger partial charge on any atom is 0.223 e. The quantitative estimate of drug-likeness (QED) is 0.862. The predicted octanol–water partition coefficient (Wildman–Crippen LogP) is 2.26. The first kappa shape index (κ1) is 12.2. The Balaban J connectivity index is 2.42. The van der Waals surface area contributed by atoms with Gasteiger partial charge in [0.2, 0.25) is 5.95 Å². The van der Waals surface area contributed by atoms with E-state index < -0.39 is 0 Å². The Morgan fingerprint density at radius 3 is 2.56 bits per heavy atom. The molecule has 0 aliphatic carbocycles. The monoisotopic (exact) mass is 243 g/mol. The van der Waals surface area contributed by atoms with Crippen LogP contribution >= 0.6 is 0 Å². The van der Waals surface area contributed by atoms with Gasteiger partial charge in [0.25, 0.3) is 0 Å². The summed E-state index contributed by atoms with van der Waals surface area (Å²) in [7, 11) is 1.81. The maximum atomic E-state index is 5.72. The van der Waals surface area contributed by atoms with E-state index in [0.717, 1.165) is 18.1 Å². The van der Waals surface area contributed by atoms with Gasteiger partial charge in [-0.2, -0.15) is 9.97 Å². The largest absolute Gasteiger partial charge is 0.373 e. The highest BCUT2D eigenvalue weighted by atomic mass is 15.2. The van der Waals surface area contributed by atoms with Gasteiger partial charge in [0, 0.05) is 25.3 Å². The molecule has 5 heteroatoms. The second kappa shape index (κ2) is 5.35. The Morgan fingerprint density at radius 1 is 1.22 bits per heavy atom. The Labute approximate surface area is 107 Å². The topological polar surface area (TPSA) is 67.1 Å². The molecule has 0 saturated carbocycles. The second-order valence-corrected chi connectivity index (χ2v) is 3.80. The molecule has 0 spiro atoms. The van der Waals surface area contributed by atoms with Crippen molar-refractivity contribution in [2.75, 3.05) is 29.5 Å². The Hall–Kier alpha value is -2.30. The number of anilines is 4. The molecule has 0 aliphatic rings. The van der Waals surface area contributed by atoms with E-state index in [9.17, 15) is 0 Å². The van der Waals surface area contributed by atoms with Crippen molar-refractivity contribution in [1.29, 1.82) is 0 Å². The van der Waals surface area contributed by atoms with Gasteiger partial charge in [0.15, 0.2) is 0 Å². The van der Waals surface area contributed by atoms with Gasteiger partial charge < -0.3 is 16.0 Å². The maximum absolute atomic E-state index is 5.72. The number of rotatable bonds is 4. The van der Waals surface area contributed by atoms with E-state index in [4.69, 9.17) is 5.73 Å². The lowest BCUT2D eigenvalue weighted by atomic mass is 10.3. The Morgan fingerprint density at radius 2 is 1.94 bits per heavy atom. The molecule has 18 heavy (non-hydrogen) atoms. The molecular formula is C13H17N5. The number of nitrogens with two attached hydrogens (primary N) is 1. The molecule has 1 aromatic carbocycles. The number of nitrogen functional groups attached to an aromatic ring is 1. The molecule has 0 amide bonds. The third kappa shape index (κ3) is 2.51. The summed E-state index contributed by atoms with van der Waals surface area (Å²) in [6.07, 6.45) is 0. The number of hydrogen-bond acceptors (Lipinski definition) is 5. The van der Waals surface area contributed by atoms with Gasteiger partial charge in [-0.15, -0.1) is 0 Å². The molecule has 0 saturated heterocycles. The van der Waals surface area contributed by atoms with Crippen LogP contribution in [0.25, 0.3) is 0 Å². The lowest BCUT2D eigenvalue weighted by molar-refractivity contribution is 0.981. The van der Waals surface area contributed by atoms with Crippen LogP contribution in [-0.2, 0) is 0 Å². The molecule has 5 nitrogen and oxygen atoms in total. The van der Waals surface area contributed by atoms with Crippen molar-refractivity contribution < 1.29 is 0 Å². The van der Waals surface area contributed by atoms with E-state index in [2.05, 4.69) is 27.1 Å². The van der Waals surface area contributed by atoms with E-state index in [1.807, 2.05) is 43.4 Å². The van der Waals surface area contributed by atoms with Crippen molar-refractivity contribution >= 4 is 23.3 Å². The van der Waals surface area contributed by atoms with E-state index in [1.165, 1.54) is 0 Å². The zero-order valence-electron chi connectivity index (χ0n) is 10.6. The molecule has 0 fully saturated rings. The predicted molar refractivity (Wildman–Crippen MR) is 75.1 cm³/mol. The van der Waals surface area contributed by atoms with Crippen LogP contribution in [0.1, 0.15) is 6.92 Å². The van der Waals surface area contributed by atoms with Gasteiger partial charge in [0.1, 0.15) is 11.6 Å². The summed E-state index contributed by atoms with van der Waals surface area (Å²) >= 11 is 0. The minimum atomic E-state index is 0.270. The lowest BCUT2D eigenvalue weighted by Gasteiger charge is -2.22. The zero-order chi connectivity index (χ0) is 13.0. The molecule has 0 unspecified atom stereocenters. The van der Waals surface area contributed by atoms with Crippen molar-refractivity contribution in [3.63, 3.8) is 0 Å². The van der Waals surface area contributed by atoms with Crippen LogP contribution in [0.2, 0.25) is 0 Å². The first-order chi connectivity index (χ1) is 8.74. The summed E-state index contributed by atoms with van der Waals surface area (Å²) in [6.45, 7) is 2.88. The average molecular weight is 243 g/mol. The van der Waals surface area contributed by atoms with E-state index in [0.29, 0.717) is 5.82 Å². The van der Waals surface area contributed by atoms with Crippen LogP contribution in [-0.4, -0.2) is 23.6 Å². The molecule has 1 aromatic heterocycles. The van der Waals surface area contributed by atoms with Gasteiger partial charge in [-0.1, -0.05) is 18.2 Å². The molecule has 94 valence electrons. The molecule has 1 heterocycles. The van der Waals surface area contributed by atoms with E-state index in [-0.39, 0.29) is 5.95 Å². The fourth-order valence-corrected chi connectivity index (χ4v) is 1.80. The summed E-state index contributed by atoms with van der Waals surface area (Å²) in [5.41, 5.74) is 6.80. The molecule has 3 N–H and O–H groups in total. The highest BCUT2D eigenvalue weighted by Gasteiger charge is 2.10. The van der Waals surface area contributed by atoms with Gasteiger partial charge in [-0.25, -0.2) is 0 Å². The van der Waals surface area contributed by atoms with Crippen LogP contribution in [0.15, 0.2) is 36.4 Å². The first-order valence-electron chi connectivity index (χ1n) is 5.89. The summed E-state index contributed by atoms with van der Waals surface area (Å²) in [6, 6.07) is 12.0. The molecule has 0 aliphatic heterocycles. The number of nitrogens with one attached hydrogen (secondary N) is 1. The lowest BCUT2D eigenvalue weighted by Crippen LogP contribution is -2.18. The van der Waals surface area contributed by atoms with Gasteiger partial charge in [-0.05, 0) is 19.1 Å². The Bertz CT molecular complexity index is 512. The van der Waals surface area contributed by atoms with Crippen LogP contribution in [0.5, 0.6) is 0 Å². The number of aromatic nitrogens is 2. The first-order valence-corrected chi connectivity index (χ1v) is 5.89. The van der Waals surface area contributed by atoms with Crippen LogP contribution in [0, 0.1) is 0 Å². The van der Waals surface area contributed by atoms with E-state index in [1.54, 1.807) is 0 Å². The number of nitrogens with zero attached hydrogens (tertiary/aromatic N) is 3. The molecule has 2 rings (SSSR count). The van der Waals surface area contributed by atoms with Crippen LogP contribution in [0.3, 0.4) is 0 Å². The molecular weight excluding hydrogens is 226 g/mol. The molecule has 0 atom stereocenters. The number of benzene rings is 1.